The first-order valence-electron chi connectivity index (χ1n) is 5.94. The summed E-state index contributed by atoms with van der Waals surface area (Å²) in [7, 11) is 0. The first-order chi connectivity index (χ1) is 8.76. The minimum absolute atomic E-state index is 0.0334. The molecule has 1 aliphatic rings. The van der Waals surface area contributed by atoms with Gasteiger partial charge >= 0.3 is 0 Å². The van der Waals surface area contributed by atoms with Crippen LogP contribution in [0.2, 0.25) is 0 Å². The van der Waals surface area contributed by atoms with Crippen LogP contribution < -0.4 is 5.32 Å². The number of aliphatic hydroxyl groups is 1. The molecule has 0 radical (unpaired) electrons. The van der Waals surface area contributed by atoms with Gasteiger partial charge in [0.15, 0.2) is 0 Å². The summed E-state index contributed by atoms with van der Waals surface area (Å²) in [5, 5.41) is 21.3. The maximum absolute atomic E-state index is 13.4. The molecule has 96 valence electrons. The van der Waals surface area contributed by atoms with Crippen LogP contribution in [-0.2, 0) is 4.74 Å². The van der Waals surface area contributed by atoms with E-state index in [1.807, 2.05) is 6.07 Å². The molecule has 4 nitrogen and oxygen atoms in total. The second kappa shape index (κ2) is 5.80. The van der Waals surface area contributed by atoms with Crippen molar-refractivity contribution >= 4 is 5.69 Å². The monoisotopic (exact) mass is 250 g/mol. The summed E-state index contributed by atoms with van der Waals surface area (Å²) in [6, 6.07) is 5.90. The summed E-state index contributed by atoms with van der Waals surface area (Å²) in [5.74, 6) is -0.563. The van der Waals surface area contributed by atoms with E-state index in [2.05, 4.69) is 5.32 Å². The van der Waals surface area contributed by atoms with E-state index in [1.165, 1.54) is 12.1 Å². The Bertz CT molecular complexity index is 453. The van der Waals surface area contributed by atoms with Gasteiger partial charge in [0.05, 0.1) is 24.4 Å². The van der Waals surface area contributed by atoms with E-state index in [0.29, 0.717) is 12.3 Å². The fourth-order valence-electron chi connectivity index (χ4n) is 2.13. The lowest BCUT2D eigenvalue weighted by molar-refractivity contribution is 0.0758. The molecule has 2 N–H and O–H groups in total. The normalized spacial score (nSPS) is 20.4. The van der Waals surface area contributed by atoms with Crippen LogP contribution in [0, 0.1) is 17.1 Å². The predicted octanol–water partition coefficient (Wildman–Crippen LogP) is 1.65. The molecule has 1 aromatic rings. The first-order valence-corrected chi connectivity index (χ1v) is 5.94. The Morgan fingerprint density at radius 1 is 1.61 bits per heavy atom. The molecule has 2 rings (SSSR count). The number of anilines is 1. The molecule has 0 saturated carbocycles. The number of nitrogens with zero attached hydrogens (tertiary/aromatic N) is 1. The molecule has 5 heteroatoms. The van der Waals surface area contributed by atoms with Crippen molar-refractivity contribution in [3.63, 3.8) is 0 Å². The Hall–Kier alpha value is -1.64. The summed E-state index contributed by atoms with van der Waals surface area (Å²) in [6.45, 7) is 0.559. The molecule has 18 heavy (non-hydrogen) atoms. The van der Waals surface area contributed by atoms with E-state index in [1.54, 1.807) is 6.07 Å². The van der Waals surface area contributed by atoms with Crippen molar-refractivity contribution in [3.8, 4) is 6.07 Å². The van der Waals surface area contributed by atoms with Gasteiger partial charge in [-0.2, -0.15) is 5.26 Å². The molecule has 0 spiro atoms. The molecule has 0 amide bonds. The lowest BCUT2D eigenvalue weighted by atomic mass is 10.1. The zero-order valence-corrected chi connectivity index (χ0v) is 9.90. The number of aliphatic hydroxyl groups excluding tert-OH is 1. The zero-order chi connectivity index (χ0) is 13.0. The average molecular weight is 250 g/mol. The highest BCUT2D eigenvalue weighted by atomic mass is 19.1. The Labute approximate surface area is 105 Å². The van der Waals surface area contributed by atoms with E-state index in [-0.39, 0.29) is 24.3 Å². The van der Waals surface area contributed by atoms with Gasteiger partial charge in [-0.05, 0) is 25.0 Å². The number of rotatable bonds is 4. The lowest BCUT2D eigenvalue weighted by Crippen LogP contribution is -2.36. The largest absolute Gasteiger partial charge is 0.394 e. The van der Waals surface area contributed by atoms with Crippen molar-refractivity contribution in [1.82, 2.24) is 0 Å². The van der Waals surface area contributed by atoms with Gasteiger partial charge in [-0.3, -0.25) is 0 Å². The molecule has 0 unspecified atom stereocenters. The number of nitrogens with one attached hydrogen (secondary N) is 1. The number of hydrogen-bond acceptors (Lipinski definition) is 4. The van der Waals surface area contributed by atoms with Crippen LogP contribution >= 0.6 is 0 Å². The van der Waals surface area contributed by atoms with Crippen molar-refractivity contribution in [2.24, 2.45) is 0 Å². The topological polar surface area (TPSA) is 65.3 Å². The second-order valence-electron chi connectivity index (χ2n) is 4.26. The fraction of sp³-hybridized carbons (Fsp3) is 0.462. The third-order valence-electron chi connectivity index (χ3n) is 3.08. The minimum atomic E-state index is -0.563. The number of benzene rings is 1. The highest BCUT2D eigenvalue weighted by molar-refractivity contribution is 5.58. The van der Waals surface area contributed by atoms with E-state index in [0.717, 1.165) is 12.8 Å². The third kappa shape index (κ3) is 2.61. The van der Waals surface area contributed by atoms with Gasteiger partial charge in [0.25, 0.3) is 0 Å². The smallest absolute Gasteiger partial charge is 0.143 e. The summed E-state index contributed by atoms with van der Waals surface area (Å²) < 4.78 is 18.9. The Morgan fingerprint density at radius 3 is 3.06 bits per heavy atom. The number of hydrogen-bond donors (Lipinski definition) is 2. The molecule has 0 bridgehead atoms. The zero-order valence-electron chi connectivity index (χ0n) is 9.90. The summed E-state index contributed by atoms with van der Waals surface area (Å²) in [4.78, 5) is 0. The molecule has 0 aromatic heterocycles. The first kappa shape index (κ1) is 12.8. The van der Waals surface area contributed by atoms with Gasteiger partial charge in [0.2, 0.25) is 0 Å². The van der Waals surface area contributed by atoms with Crippen LogP contribution in [-0.4, -0.2) is 30.5 Å². The fourth-order valence-corrected chi connectivity index (χ4v) is 2.13. The van der Waals surface area contributed by atoms with Crippen LogP contribution in [0.3, 0.4) is 0 Å². The van der Waals surface area contributed by atoms with E-state index < -0.39 is 5.82 Å². The molecule has 1 heterocycles. The maximum Gasteiger partial charge on any atom is 0.143 e. The van der Waals surface area contributed by atoms with Crippen LogP contribution in [0.25, 0.3) is 0 Å². The molecular formula is C13H15FN2O2. The molecule has 1 aliphatic heterocycles. The molecule has 1 saturated heterocycles. The average Bonchev–Trinajstić information content (AvgIpc) is 2.89. The molecule has 1 fully saturated rings. The predicted molar refractivity (Wildman–Crippen MR) is 64.6 cm³/mol. The van der Waals surface area contributed by atoms with Crippen molar-refractivity contribution in [1.29, 1.82) is 5.26 Å². The van der Waals surface area contributed by atoms with Gasteiger partial charge in [-0.1, -0.05) is 6.07 Å². The van der Waals surface area contributed by atoms with Crippen LogP contribution in [0.5, 0.6) is 0 Å². The highest BCUT2D eigenvalue weighted by Crippen LogP contribution is 2.22. The van der Waals surface area contributed by atoms with Crippen molar-refractivity contribution in [2.45, 2.75) is 25.0 Å². The van der Waals surface area contributed by atoms with Gasteiger partial charge in [0.1, 0.15) is 17.4 Å². The van der Waals surface area contributed by atoms with Gasteiger partial charge in [-0.25, -0.2) is 4.39 Å². The van der Waals surface area contributed by atoms with Crippen molar-refractivity contribution in [2.75, 3.05) is 18.5 Å². The van der Waals surface area contributed by atoms with Crippen LogP contribution in [0.15, 0.2) is 18.2 Å². The van der Waals surface area contributed by atoms with Crippen molar-refractivity contribution in [3.05, 3.63) is 29.6 Å². The van der Waals surface area contributed by atoms with Crippen molar-refractivity contribution < 1.29 is 14.2 Å². The Morgan fingerprint density at radius 2 is 2.44 bits per heavy atom. The number of nitriles is 1. The standard InChI is InChI=1S/C13H15FN2O2/c14-10-3-1-4-11(9(10)7-15)16-12(8-17)13-5-2-6-18-13/h1,3-4,12-13,16-17H,2,5-6,8H2/t12-,13+/m1/s1. The van der Waals surface area contributed by atoms with Gasteiger partial charge in [0, 0.05) is 6.61 Å². The van der Waals surface area contributed by atoms with E-state index in [9.17, 15) is 9.50 Å². The minimum Gasteiger partial charge on any atom is -0.394 e. The lowest BCUT2D eigenvalue weighted by Gasteiger charge is -2.23. The van der Waals surface area contributed by atoms with Crippen LogP contribution in [0.4, 0.5) is 10.1 Å². The number of halogens is 1. The molecule has 0 aliphatic carbocycles. The Balaban J connectivity index is 2.17. The highest BCUT2D eigenvalue weighted by Gasteiger charge is 2.26. The maximum atomic E-state index is 13.4. The summed E-state index contributed by atoms with van der Waals surface area (Å²) in [6.07, 6.45) is 1.72. The van der Waals surface area contributed by atoms with E-state index in [4.69, 9.17) is 10.00 Å². The van der Waals surface area contributed by atoms with E-state index >= 15 is 0 Å². The summed E-state index contributed by atoms with van der Waals surface area (Å²) >= 11 is 0. The summed E-state index contributed by atoms with van der Waals surface area (Å²) in [5.41, 5.74) is 0.362. The SMILES string of the molecule is N#Cc1c(F)cccc1N[C@H](CO)[C@@H]1CCCO1. The second-order valence-corrected chi connectivity index (χ2v) is 4.26. The third-order valence-corrected chi connectivity index (χ3v) is 3.08. The van der Waals surface area contributed by atoms with Gasteiger partial charge in [-0.15, -0.1) is 0 Å². The molecular weight excluding hydrogens is 235 g/mol. The quantitative estimate of drug-likeness (QED) is 0.852. The van der Waals surface area contributed by atoms with Gasteiger partial charge < -0.3 is 15.2 Å². The number of ether oxygens (including phenoxy) is 1. The molecule has 2 atom stereocenters. The Kier molecular flexibility index (Phi) is 4.13. The van der Waals surface area contributed by atoms with Crippen LogP contribution in [0.1, 0.15) is 18.4 Å². The molecule has 1 aromatic carbocycles.